The summed E-state index contributed by atoms with van der Waals surface area (Å²) in [6, 6.07) is 9.84. The Kier molecular flexibility index (Phi) is 2.39. The van der Waals surface area contributed by atoms with E-state index in [0.29, 0.717) is 0 Å². The molecule has 1 amide bonds. The molecule has 1 aliphatic rings. The maximum atomic E-state index is 11.2. The quantitative estimate of drug-likeness (QED) is 0.760. The van der Waals surface area contributed by atoms with Crippen LogP contribution in [0.1, 0.15) is 12.8 Å². The number of carbonyl (C=O) groups is 1. The largest absolute Gasteiger partial charge is 0.368 e. The summed E-state index contributed by atoms with van der Waals surface area (Å²) < 4.78 is 0. The van der Waals surface area contributed by atoms with E-state index in [1.54, 1.807) is 0 Å². The van der Waals surface area contributed by atoms with E-state index >= 15 is 0 Å². The number of nitrogens with two attached hydrogens (primary N) is 1. The van der Waals surface area contributed by atoms with Crippen molar-refractivity contribution in [3.05, 3.63) is 30.3 Å². The summed E-state index contributed by atoms with van der Waals surface area (Å²) in [7, 11) is 0. The summed E-state index contributed by atoms with van der Waals surface area (Å²) in [6.07, 6.45) is 1.92. The van der Waals surface area contributed by atoms with Gasteiger partial charge in [-0.15, -0.1) is 0 Å². The number of anilines is 1. The van der Waals surface area contributed by atoms with Gasteiger partial charge in [-0.1, -0.05) is 18.2 Å². The Balaban J connectivity index is 2.22. The van der Waals surface area contributed by atoms with E-state index < -0.39 is 0 Å². The van der Waals surface area contributed by atoms with E-state index in [1.807, 2.05) is 30.3 Å². The molecule has 1 aromatic carbocycles. The summed E-state index contributed by atoms with van der Waals surface area (Å²) in [4.78, 5) is 13.3. The lowest BCUT2D eigenvalue weighted by Gasteiger charge is -2.24. The van der Waals surface area contributed by atoms with Crippen LogP contribution < -0.4 is 10.6 Å². The fourth-order valence-corrected chi connectivity index (χ4v) is 1.99. The van der Waals surface area contributed by atoms with E-state index in [2.05, 4.69) is 4.90 Å². The van der Waals surface area contributed by atoms with Crippen molar-refractivity contribution in [3.8, 4) is 0 Å². The zero-order valence-corrected chi connectivity index (χ0v) is 8.02. The van der Waals surface area contributed by atoms with Crippen molar-refractivity contribution in [1.29, 1.82) is 0 Å². The maximum Gasteiger partial charge on any atom is 0.240 e. The highest BCUT2D eigenvalue weighted by atomic mass is 16.1. The molecule has 14 heavy (non-hydrogen) atoms. The van der Waals surface area contributed by atoms with Crippen molar-refractivity contribution in [2.45, 2.75) is 18.9 Å². The Bertz CT molecular complexity index is 323. The van der Waals surface area contributed by atoms with E-state index in [4.69, 9.17) is 5.73 Å². The Hall–Kier alpha value is -1.51. The fourth-order valence-electron chi connectivity index (χ4n) is 1.99. The van der Waals surface area contributed by atoms with Crippen LogP contribution in [-0.4, -0.2) is 18.5 Å². The summed E-state index contributed by atoms with van der Waals surface area (Å²) in [5.74, 6) is -0.216. The highest BCUT2D eigenvalue weighted by Gasteiger charge is 2.28. The number of benzene rings is 1. The molecule has 1 saturated heterocycles. The van der Waals surface area contributed by atoms with Gasteiger partial charge in [0.05, 0.1) is 0 Å². The van der Waals surface area contributed by atoms with Gasteiger partial charge in [-0.2, -0.15) is 0 Å². The van der Waals surface area contributed by atoms with Gasteiger partial charge in [0.1, 0.15) is 6.04 Å². The molecule has 0 saturated carbocycles. The predicted molar refractivity (Wildman–Crippen MR) is 56.0 cm³/mol. The molecule has 0 bridgehead atoms. The molecule has 3 heteroatoms. The Morgan fingerprint density at radius 2 is 2.07 bits per heavy atom. The highest BCUT2D eigenvalue weighted by Crippen LogP contribution is 2.24. The summed E-state index contributed by atoms with van der Waals surface area (Å²) in [5, 5.41) is 0. The second-order valence-electron chi connectivity index (χ2n) is 3.59. The Labute approximate surface area is 83.5 Å². The number of rotatable bonds is 2. The first-order chi connectivity index (χ1) is 6.79. The van der Waals surface area contributed by atoms with Crippen LogP contribution in [-0.2, 0) is 4.79 Å². The standard InChI is InChI=1S/C11H14N2O/c12-11(14)10-7-4-8-13(10)9-5-2-1-3-6-9/h1-3,5-6,10H,4,7-8H2,(H2,12,14)/t10-/m1/s1. The molecule has 1 atom stereocenters. The second-order valence-corrected chi connectivity index (χ2v) is 3.59. The van der Waals surface area contributed by atoms with Gasteiger partial charge in [0.15, 0.2) is 0 Å². The fraction of sp³-hybridized carbons (Fsp3) is 0.364. The first-order valence-electron chi connectivity index (χ1n) is 4.90. The zero-order chi connectivity index (χ0) is 9.97. The maximum absolute atomic E-state index is 11.2. The highest BCUT2D eigenvalue weighted by molar-refractivity contribution is 5.84. The molecular weight excluding hydrogens is 176 g/mol. The molecule has 0 unspecified atom stereocenters. The lowest BCUT2D eigenvalue weighted by atomic mass is 10.2. The minimum atomic E-state index is -0.216. The molecule has 1 fully saturated rings. The van der Waals surface area contributed by atoms with Gasteiger partial charge in [0.2, 0.25) is 5.91 Å². The molecule has 1 aliphatic heterocycles. The van der Waals surface area contributed by atoms with Crippen LogP contribution >= 0.6 is 0 Å². The minimum Gasteiger partial charge on any atom is -0.368 e. The molecule has 0 aliphatic carbocycles. The number of hydrogen-bond donors (Lipinski definition) is 1. The van der Waals surface area contributed by atoms with Crippen LogP contribution in [0.25, 0.3) is 0 Å². The number of para-hydroxylation sites is 1. The number of nitrogens with zero attached hydrogens (tertiary/aromatic N) is 1. The van der Waals surface area contributed by atoms with Crippen LogP contribution in [0.5, 0.6) is 0 Å². The van der Waals surface area contributed by atoms with Crippen LogP contribution in [0.3, 0.4) is 0 Å². The lowest BCUT2D eigenvalue weighted by Crippen LogP contribution is -2.40. The number of primary amides is 1. The monoisotopic (exact) mass is 190 g/mol. The average molecular weight is 190 g/mol. The van der Waals surface area contributed by atoms with Gasteiger partial charge in [-0.05, 0) is 25.0 Å². The van der Waals surface area contributed by atoms with Gasteiger partial charge in [0, 0.05) is 12.2 Å². The van der Waals surface area contributed by atoms with Crippen LogP contribution in [0.4, 0.5) is 5.69 Å². The molecule has 0 spiro atoms. The first kappa shape index (κ1) is 9.06. The average Bonchev–Trinajstić information content (AvgIpc) is 2.67. The molecule has 2 rings (SSSR count). The number of amides is 1. The van der Waals surface area contributed by atoms with E-state index in [0.717, 1.165) is 25.1 Å². The van der Waals surface area contributed by atoms with Crippen molar-refractivity contribution in [2.24, 2.45) is 5.73 Å². The number of carbonyl (C=O) groups excluding carboxylic acids is 1. The van der Waals surface area contributed by atoms with Crippen molar-refractivity contribution in [2.75, 3.05) is 11.4 Å². The molecule has 1 heterocycles. The van der Waals surface area contributed by atoms with Crippen molar-refractivity contribution in [1.82, 2.24) is 0 Å². The van der Waals surface area contributed by atoms with E-state index in [9.17, 15) is 4.79 Å². The third-order valence-corrected chi connectivity index (χ3v) is 2.67. The molecule has 0 radical (unpaired) electrons. The Morgan fingerprint density at radius 3 is 2.71 bits per heavy atom. The molecular formula is C11H14N2O. The van der Waals surface area contributed by atoms with Crippen molar-refractivity contribution >= 4 is 11.6 Å². The first-order valence-corrected chi connectivity index (χ1v) is 4.90. The third-order valence-electron chi connectivity index (χ3n) is 2.67. The van der Waals surface area contributed by atoms with Crippen molar-refractivity contribution in [3.63, 3.8) is 0 Å². The normalized spacial score (nSPS) is 21.1. The predicted octanol–water partition coefficient (Wildman–Crippen LogP) is 1.14. The molecule has 74 valence electrons. The van der Waals surface area contributed by atoms with Gasteiger partial charge in [0.25, 0.3) is 0 Å². The zero-order valence-electron chi connectivity index (χ0n) is 8.02. The van der Waals surface area contributed by atoms with Crippen molar-refractivity contribution < 1.29 is 4.79 Å². The number of hydrogen-bond acceptors (Lipinski definition) is 2. The van der Waals surface area contributed by atoms with E-state index in [-0.39, 0.29) is 11.9 Å². The Morgan fingerprint density at radius 1 is 1.36 bits per heavy atom. The van der Waals surface area contributed by atoms with Gasteiger partial charge in [-0.3, -0.25) is 4.79 Å². The molecule has 2 N–H and O–H groups in total. The SMILES string of the molecule is NC(=O)[C@H]1CCCN1c1ccccc1. The topological polar surface area (TPSA) is 46.3 Å². The molecule has 1 aromatic rings. The lowest BCUT2D eigenvalue weighted by molar-refractivity contribution is -0.119. The van der Waals surface area contributed by atoms with Crippen LogP contribution in [0.2, 0.25) is 0 Å². The summed E-state index contributed by atoms with van der Waals surface area (Å²) in [6.45, 7) is 0.928. The van der Waals surface area contributed by atoms with Gasteiger partial charge in [-0.25, -0.2) is 0 Å². The van der Waals surface area contributed by atoms with Crippen LogP contribution in [0, 0.1) is 0 Å². The molecule has 3 nitrogen and oxygen atoms in total. The second kappa shape index (κ2) is 3.70. The van der Waals surface area contributed by atoms with Crippen LogP contribution in [0.15, 0.2) is 30.3 Å². The summed E-state index contributed by atoms with van der Waals surface area (Å²) in [5.41, 5.74) is 6.44. The third kappa shape index (κ3) is 1.58. The minimum absolute atomic E-state index is 0.114. The summed E-state index contributed by atoms with van der Waals surface area (Å²) >= 11 is 0. The van der Waals surface area contributed by atoms with Gasteiger partial charge < -0.3 is 10.6 Å². The van der Waals surface area contributed by atoms with Gasteiger partial charge >= 0.3 is 0 Å². The van der Waals surface area contributed by atoms with E-state index in [1.165, 1.54) is 0 Å². The molecule has 0 aromatic heterocycles. The smallest absolute Gasteiger partial charge is 0.240 e.